The highest BCUT2D eigenvalue weighted by molar-refractivity contribution is 5.34. The average Bonchev–Trinajstić information content (AvgIpc) is 2.65. The van der Waals surface area contributed by atoms with Crippen molar-refractivity contribution in [3.63, 3.8) is 0 Å². The number of ether oxygens (including phenoxy) is 1. The Morgan fingerprint density at radius 2 is 1.27 bits per heavy atom. The Kier molecular flexibility index (Phi) is 12.7. The first kappa shape index (κ1) is 23.7. The van der Waals surface area contributed by atoms with Gasteiger partial charge in [-0.05, 0) is 49.8 Å². The van der Waals surface area contributed by atoms with Crippen LogP contribution in [0, 0.1) is 5.92 Å². The second kappa shape index (κ2) is 13.9. The first-order valence-corrected chi connectivity index (χ1v) is 9.22. The van der Waals surface area contributed by atoms with Crippen molar-refractivity contribution in [1.82, 2.24) is 4.90 Å². The standard InChI is InChI=1S/C18H23NO.C4H6.C2H6/c1-14(2)18(19(3)4)15-10-12-17(13-11-15)20-16-8-6-5-7-9-16;1-3-4-2;1-2/h5-14,18H,1-4H3;3-4H,1-2H2;1-2H3/t18-;;/m1../s1. The molecule has 2 nitrogen and oxygen atoms in total. The largest absolute Gasteiger partial charge is 0.457 e. The minimum Gasteiger partial charge on any atom is -0.457 e. The summed E-state index contributed by atoms with van der Waals surface area (Å²) < 4.78 is 5.82. The van der Waals surface area contributed by atoms with E-state index in [4.69, 9.17) is 4.74 Å². The molecule has 0 saturated heterocycles. The van der Waals surface area contributed by atoms with Crippen LogP contribution in [0.15, 0.2) is 79.9 Å². The van der Waals surface area contributed by atoms with E-state index in [1.54, 1.807) is 12.2 Å². The van der Waals surface area contributed by atoms with Crippen molar-refractivity contribution in [2.24, 2.45) is 5.92 Å². The number of rotatable bonds is 6. The molecular weight excluding hydrogens is 318 g/mol. The van der Waals surface area contributed by atoms with E-state index in [0.717, 1.165) is 11.5 Å². The summed E-state index contributed by atoms with van der Waals surface area (Å²) in [5.74, 6) is 2.32. The molecule has 0 aliphatic rings. The van der Waals surface area contributed by atoms with Gasteiger partial charge in [-0.2, -0.15) is 0 Å². The van der Waals surface area contributed by atoms with Gasteiger partial charge in [0.1, 0.15) is 11.5 Å². The Bertz CT molecular complexity index is 586. The highest BCUT2D eigenvalue weighted by atomic mass is 16.5. The van der Waals surface area contributed by atoms with E-state index >= 15 is 0 Å². The van der Waals surface area contributed by atoms with Gasteiger partial charge in [0.15, 0.2) is 0 Å². The molecule has 2 aromatic rings. The van der Waals surface area contributed by atoms with Crippen molar-refractivity contribution in [2.45, 2.75) is 33.7 Å². The van der Waals surface area contributed by atoms with Gasteiger partial charge in [0.25, 0.3) is 0 Å². The lowest BCUT2D eigenvalue weighted by Gasteiger charge is -2.28. The zero-order valence-corrected chi connectivity index (χ0v) is 17.3. The summed E-state index contributed by atoms with van der Waals surface area (Å²) in [5.41, 5.74) is 1.32. The maximum Gasteiger partial charge on any atom is 0.127 e. The van der Waals surface area contributed by atoms with Crippen molar-refractivity contribution >= 4 is 0 Å². The van der Waals surface area contributed by atoms with E-state index in [2.05, 4.69) is 58.1 Å². The van der Waals surface area contributed by atoms with Gasteiger partial charge in [0.2, 0.25) is 0 Å². The molecule has 0 radical (unpaired) electrons. The van der Waals surface area contributed by atoms with Gasteiger partial charge in [-0.25, -0.2) is 0 Å². The van der Waals surface area contributed by atoms with E-state index in [1.165, 1.54) is 5.56 Å². The molecule has 2 rings (SSSR count). The SMILES string of the molecule is C=CC=C.CC.CC(C)[C@H](c1ccc(Oc2ccccc2)cc1)N(C)C. The molecule has 0 spiro atoms. The van der Waals surface area contributed by atoms with Crippen LogP contribution >= 0.6 is 0 Å². The van der Waals surface area contributed by atoms with Crippen LogP contribution in [-0.4, -0.2) is 19.0 Å². The second-order valence-electron chi connectivity index (χ2n) is 6.11. The summed E-state index contributed by atoms with van der Waals surface area (Å²) in [7, 11) is 4.25. The van der Waals surface area contributed by atoms with Gasteiger partial charge in [-0.1, -0.05) is 83.3 Å². The van der Waals surface area contributed by atoms with Gasteiger partial charge >= 0.3 is 0 Å². The van der Waals surface area contributed by atoms with Crippen molar-refractivity contribution in [3.05, 3.63) is 85.5 Å². The molecule has 2 aromatic carbocycles. The Morgan fingerprint density at radius 3 is 1.65 bits per heavy atom. The molecule has 0 heterocycles. The van der Waals surface area contributed by atoms with Crippen LogP contribution in [-0.2, 0) is 0 Å². The van der Waals surface area contributed by atoms with Crippen molar-refractivity contribution < 1.29 is 4.74 Å². The molecular formula is C24H35NO. The lowest BCUT2D eigenvalue weighted by Crippen LogP contribution is -2.24. The van der Waals surface area contributed by atoms with Gasteiger partial charge < -0.3 is 9.64 Å². The van der Waals surface area contributed by atoms with Crippen molar-refractivity contribution in [1.29, 1.82) is 0 Å². The molecule has 0 N–H and O–H groups in total. The molecule has 0 saturated carbocycles. The van der Waals surface area contributed by atoms with E-state index in [0.29, 0.717) is 12.0 Å². The van der Waals surface area contributed by atoms with Crippen molar-refractivity contribution in [3.8, 4) is 11.5 Å². The molecule has 2 heteroatoms. The van der Waals surface area contributed by atoms with Crippen LogP contribution < -0.4 is 4.74 Å². The molecule has 0 aromatic heterocycles. The van der Waals surface area contributed by atoms with Crippen LogP contribution in [0.2, 0.25) is 0 Å². The summed E-state index contributed by atoms with van der Waals surface area (Å²) in [6.07, 6.45) is 3.28. The minimum absolute atomic E-state index is 0.431. The third-order valence-electron chi connectivity index (χ3n) is 3.56. The maximum absolute atomic E-state index is 5.82. The third-order valence-corrected chi connectivity index (χ3v) is 3.56. The summed E-state index contributed by atoms with van der Waals surface area (Å²) in [6.45, 7) is 15.2. The van der Waals surface area contributed by atoms with Gasteiger partial charge in [-0.3, -0.25) is 0 Å². The lowest BCUT2D eigenvalue weighted by molar-refractivity contribution is 0.235. The molecule has 0 aliphatic heterocycles. The minimum atomic E-state index is 0.431. The number of nitrogens with zero attached hydrogens (tertiary/aromatic N) is 1. The van der Waals surface area contributed by atoms with Crippen LogP contribution in [0.1, 0.15) is 39.3 Å². The summed E-state index contributed by atoms with van der Waals surface area (Å²) in [5, 5.41) is 0. The Labute approximate surface area is 160 Å². The summed E-state index contributed by atoms with van der Waals surface area (Å²) in [4.78, 5) is 2.26. The Hall–Kier alpha value is -2.32. The monoisotopic (exact) mass is 353 g/mol. The lowest BCUT2D eigenvalue weighted by atomic mass is 9.95. The fourth-order valence-electron chi connectivity index (χ4n) is 2.64. The molecule has 26 heavy (non-hydrogen) atoms. The van der Waals surface area contributed by atoms with Crippen LogP contribution in [0.4, 0.5) is 0 Å². The number of hydrogen-bond donors (Lipinski definition) is 0. The number of hydrogen-bond acceptors (Lipinski definition) is 2. The summed E-state index contributed by atoms with van der Waals surface area (Å²) in [6, 6.07) is 18.7. The molecule has 142 valence electrons. The zero-order chi connectivity index (χ0) is 19.9. The predicted octanol–water partition coefficient (Wildman–Crippen LogP) is 7.12. The van der Waals surface area contributed by atoms with Gasteiger partial charge in [0, 0.05) is 6.04 Å². The molecule has 0 fully saturated rings. The Morgan fingerprint density at radius 1 is 0.808 bits per heavy atom. The fourth-order valence-corrected chi connectivity index (χ4v) is 2.64. The highest BCUT2D eigenvalue weighted by Gasteiger charge is 2.17. The van der Waals surface area contributed by atoms with Crippen LogP contribution in [0.25, 0.3) is 0 Å². The molecule has 0 amide bonds. The highest BCUT2D eigenvalue weighted by Crippen LogP contribution is 2.29. The molecule has 1 atom stereocenters. The molecule has 0 bridgehead atoms. The first-order chi connectivity index (χ1) is 12.5. The number of para-hydroxylation sites is 1. The first-order valence-electron chi connectivity index (χ1n) is 9.22. The quantitative estimate of drug-likeness (QED) is 0.512. The molecule has 0 unspecified atom stereocenters. The van der Waals surface area contributed by atoms with Crippen LogP contribution in [0.3, 0.4) is 0 Å². The predicted molar refractivity (Wildman–Crippen MR) is 116 cm³/mol. The van der Waals surface area contributed by atoms with E-state index in [1.807, 2.05) is 56.3 Å². The number of allylic oxidation sites excluding steroid dienone is 2. The van der Waals surface area contributed by atoms with E-state index in [-0.39, 0.29) is 0 Å². The Balaban J connectivity index is 0.000000920. The smallest absolute Gasteiger partial charge is 0.127 e. The second-order valence-corrected chi connectivity index (χ2v) is 6.11. The fraction of sp³-hybridized carbons (Fsp3) is 0.333. The zero-order valence-electron chi connectivity index (χ0n) is 17.3. The van der Waals surface area contributed by atoms with E-state index < -0.39 is 0 Å². The average molecular weight is 354 g/mol. The van der Waals surface area contributed by atoms with Crippen LogP contribution in [0.5, 0.6) is 11.5 Å². The maximum atomic E-state index is 5.82. The normalized spacial score (nSPS) is 10.8. The topological polar surface area (TPSA) is 12.5 Å². The number of benzene rings is 2. The van der Waals surface area contributed by atoms with Crippen molar-refractivity contribution in [2.75, 3.05) is 14.1 Å². The third kappa shape index (κ3) is 8.68. The van der Waals surface area contributed by atoms with Gasteiger partial charge in [-0.15, -0.1) is 0 Å². The summed E-state index contributed by atoms with van der Waals surface area (Å²) >= 11 is 0. The molecule has 0 aliphatic carbocycles. The van der Waals surface area contributed by atoms with Gasteiger partial charge in [0.05, 0.1) is 0 Å². The van der Waals surface area contributed by atoms with E-state index in [9.17, 15) is 0 Å².